The van der Waals surface area contributed by atoms with Crippen LogP contribution in [-0.2, 0) is 13.6 Å². The lowest BCUT2D eigenvalue weighted by Crippen LogP contribution is -2.34. The maximum Gasteiger partial charge on any atom is 0.0641 e. The van der Waals surface area contributed by atoms with Crippen molar-refractivity contribution in [3.05, 3.63) is 17.0 Å². The summed E-state index contributed by atoms with van der Waals surface area (Å²) in [6.07, 6.45) is 3.96. The van der Waals surface area contributed by atoms with Gasteiger partial charge in [0.1, 0.15) is 0 Å². The van der Waals surface area contributed by atoms with Crippen molar-refractivity contribution in [2.45, 2.75) is 58.2 Å². The van der Waals surface area contributed by atoms with Gasteiger partial charge in [0, 0.05) is 30.9 Å². The first-order chi connectivity index (χ1) is 8.08. The number of aliphatic hydroxyl groups is 1. The van der Waals surface area contributed by atoms with E-state index in [0.717, 1.165) is 37.9 Å². The van der Waals surface area contributed by atoms with Crippen LogP contribution in [0.15, 0.2) is 0 Å². The molecule has 0 saturated heterocycles. The van der Waals surface area contributed by atoms with Crippen LogP contribution in [0.3, 0.4) is 0 Å². The minimum atomic E-state index is -0.0742. The molecule has 96 valence electrons. The highest BCUT2D eigenvalue weighted by molar-refractivity contribution is 5.24. The predicted octanol–water partition coefficient (Wildman–Crippen LogP) is 1.43. The fourth-order valence-electron chi connectivity index (χ4n) is 2.60. The predicted molar refractivity (Wildman–Crippen MR) is 67.8 cm³/mol. The Bertz CT molecular complexity index is 378. The lowest BCUT2D eigenvalue weighted by atomic mass is 9.93. The van der Waals surface area contributed by atoms with E-state index in [-0.39, 0.29) is 6.10 Å². The van der Waals surface area contributed by atoms with Gasteiger partial charge in [0.05, 0.1) is 11.8 Å². The summed E-state index contributed by atoms with van der Waals surface area (Å²) in [4.78, 5) is 0. The van der Waals surface area contributed by atoms with Gasteiger partial charge in [0.15, 0.2) is 0 Å². The molecule has 1 aliphatic carbocycles. The molecular formula is C13H23N3O. The van der Waals surface area contributed by atoms with E-state index in [1.54, 1.807) is 0 Å². The third-order valence-corrected chi connectivity index (χ3v) is 3.92. The highest BCUT2D eigenvalue weighted by atomic mass is 16.3. The third-order valence-electron chi connectivity index (χ3n) is 3.92. The van der Waals surface area contributed by atoms with Crippen LogP contribution in [0, 0.1) is 13.8 Å². The average molecular weight is 237 g/mol. The Kier molecular flexibility index (Phi) is 3.84. The molecule has 2 N–H and O–H groups in total. The molecule has 0 amide bonds. The topological polar surface area (TPSA) is 50.1 Å². The minimum absolute atomic E-state index is 0.0742. The first-order valence-electron chi connectivity index (χ1n) is 6.48. The normalized spacial score (nSPS) is 25.2. The van der Waals surface area contributed by atoms with E-state index in [2.05, 4.69) is 24.3 Å². The van der Waals surface area contributed by atoms with Crippen LogP contribution >= 0.6 is 0 Å². The molecule has 1 aromatic heterocycles. The van der Waals surface area contributed by atoms with Gasteiger partial charge in [-0.15, -0.1) is 0 Å². The summed E-state index contributed by atoms with van der Waals surface area (Å²) in [5.41, 5.74) is 3.68. The number of aromatic nitrogens is 2. The Morgan fingerprint density at radius 1 is 1.29 bits per heavy atom. The lowest BCUT2D eigenvalue weighted by Gasteiger charge is -2.26. The van der Waals surface area contributed by atoms with E-state index in [4.69, 9.17) is 0 Å². The quantitative estimate of drug-likeness (QED) is 0.836. The van der Waals surface area contributed by atoms with Crippen molar-refractivity contribution >= 4 is 0 Å². The van der Waals surface area contributed by atoms with Crippen molar-refractivity contribution in [1.29, 1.82) is 0 Å². The fraction of sp³-hybridized carbons (Fsp3) is 0.769. The summed E-state index contributed by atoms with van der Waals surface area (Å²) in [5, 5.41) is 17.5. The van der Waals surface area contributed by atoms with Gasteiger partial charge < -0.3 is 10.4 Å². The summed E-state index contributed by atoms with van der Waals surface area (Å²) in [6.45, 7) is 5.07. The molecule has 0 aromatic carbocycles. The minimum Gasteiger partial charge on any atom is -0.393 e. The van der Waals surface area contributed by atoms with Crippen LogP contribution in [-0.4, -0.2) is 27.0 Å². The Morgan fingerprint density at radius 3 is 2.47 bits per heavy atom. The van der Waals surface area contributed by atoms with Gasteiger partial charge in [-0.2, -0.15) is 5.10 Å². The second-order valence-electron chi connectivity index (χ2n) is 5.16. The van der Waals surface area contributed by atoms with Crippen molar-refractivity contribution in [3.8, 4) is 0 Å². The zero-order valence-electron chi connectivity index (χ0n) is 11.0. The summed E-state index contributed by atoms with van der Waals surface area (Å²) >= 11 is 0. The number of aryl methyl sites for hydroxylation is 2. The molecule has 4 nitrogen and oxygen atoms in total. The van der Waals surface area contributed by atoms with E-state index in [9.17, 15) is 5.11 Å². The smallest absolute Gasteiger partial charge is 0.0641 e. The molecule has 1 aliphatic rings. The average Bonchev–Trinajstić information content (AvgIpc) is 2.54. The first kappa shape index (κ1) is 12.6. The summed E-state index contributed by atoms with van der Waals surface area (Å²) in [7, 11) is 1.99. The van der Waals surface area contributed by atoms with Gasteiger partial charge >= 0.3 is 0 Å². The van der Waals surface area contributed by atoms with Crippen molar-refractivity contribution < 1.29 is 5.11 Å². The zero-order chi connectivity index (χ0) is 12.4. The molecule has 1 saturated carbocycles. The Morgan fingerprint density at radius 2 is 1.94 bits per heavy atom. The van der Waals surface area contributed by atoms with Gasteiger partial charge in [0.25, 0.3) is 0 Å². The standard InChI is InChI=1S/C13H23N3O/c1-9-13(10(2)16(3)15-9)8-14-11-4-6-12(17)7-5-11/h11-12,14,17H,4-8H2,1-3H3. The van der Waals surface area contributed by atoms with Gasteiger partial charge in [-0.05, 0) is 39.5 Å². The molecule has 17 heavy (non-hydrogen) atoms. The van der Waals surface area contributed by atoms with E-state index < -0.39 is 0 Å². The van der Waals surface area contributed by atoms with Crippen LogP contribution in [0.4, 0.5) is 0 Å². The Labute approximate surface area is 103 Å². The fourth-order valence-corrected chi connectivity index (χ4v) is 2.60. The number of aliphatic hydroxyl groups excluding tert-OH is 1. The number of hydrogen-bond acceptors (Lipinski definition) is 3. The van der Waals surface area contributed by atoms with Gasteiger partial charge in [0.2, 0.25) is 0 Å². The molecule has 0 unspecified atom stereocenters. The number of rotatable bonds is 3. The SMILES string of the molecule is Cc1nn(C)c(C)c1CNC1CCC(O)CC1. The molecule has 0 bridgehead atoms. The second kappa shape index (κ2) is 5.19. The number of hydrogen-bond donors (Lipinski definition) is 2. The van der Waals surface area contributed by atoms with Gasteiger partial charge in [-0.1, -0.05) is 0 Å². The van der Waals surface area contributed by atoms with Crippen LogP contribution in [0.5, 0.6) is 0 Å². The molecule has 2 rings (SSSR count). The van der Waals surface area contributed by atoms with Crippen LogP contribution in [0.1, 0.15) is 42.6 Å². The van der Waals surface area contributed by atoms with Crippen molar-refractivity contribution in [1.82, 2.24) is 15.1 Å². The molecule has 0 atom stereocenters. The van der Waals surface area contributed by atoms with Crippen molar-refractivity contribution in [2.24, 2.45) is 7.05 Å². The molecule has 1 fully saturated rings. The molecule has 0 spiro atoms. The first-order valence-corrected chi connectivity index (χ1v) is 6.48. The Balaban J connectivity index is 1.89. The summed E-state index contributed by atoms with van der Waals surface area (Å²) < 4.78 is 1.94. The largest absolute Gasteiger partial charge is 0.393 e. The third kappa shape index (κ3) is 2.87. The maximum absolute atomic E-state index is 9.46. The van der Waals surface area contributed by atoms with Crippen molar-refractivity contribution in [3.63, 3.8) is 0 Å². The second-order valence-corrected chi connectivity index (χ2v) is 5.16. The molecule has 0 aliphatic heterocycles. The molecule has 0 radical (unpaired) electrons. The van der Waals surface area contributed by atoms with Gasteiger partial charge in [-0.3, -0.25) is 4.68 Å². The maximum atomic E-state index is 9.46. The van der Waals surface area contributed by atoms with E-state index in [1.165, 1.54) is 11.3 Å². The summed E-state index contributed by atoms with van der Waals surface area (Å²) in [5.74, 6) is 0. The number of nitrogens with one attached hydrogen (secondary N) is 1. The monoisotopic (exact) mass is 237 g/mol. The van der Waals surface area contributed by atoms with Gasteiger partial charge in [-0.25, -0.2) is 0 Å². The number of nitrogens with zero attached hydrogens (tertiary/aromatic N) is 2. The highest BCUT2D eigenvalue weighted by Gasteiger charge is 2.19. The zero-order valence-corrected chi connectivity index (χ0v) is 11.0. The summed E-state index contributed by atoms with van der Waals surface area (Å²) in [6, 6.07) is 0.553. The van der Waals surface area contributed by atoms with E-state index in [0.29, 0.717) is 6.04 Å². The molecular weight excluding hydrogens is 214 g/mol. The molecule has 4 heteroatoms. The highest BCUT2D eigenvalue weighted by Crippen LogP contribution is 2.19. The van der Waals surface area contributed by atoms with Crippen molar-refractivity contribution in [2.75, 3.05) is 0 Å². The van der Waals surface area contributed by atoms with Crippen LogP contribution in [0.2, 0.25) is 0 Å². The van der Waals surface area contributed by atoms with Crippen LogP contribution < -0.4 is 5.32 Å². The molecule has 1 heterocycles. The van der Waals surface area contributed by atoms with Crippen LogP contribution in [0.25, 0.3) is 0 Å². The Hall–Kier alpha value is -0.870. The lowest BCUT2D eigenvalue weighted by molar-refractivity contribution is 0.116. The molecule has 1 aromatic rings. The van der Waals surface area contributed by atoms with E-state index in [1.807, 2.05) is 11.7 Å². The van der Waals surface area contributed by atoms with E-state index >= 15 is 0 Å².